The maximum Gasteiger partial charge on any atom is 0.308 e. The molecular weight excluding hydrogens is 262 g/mol. The van der Waals surface area contributed by atoms with Gasteiger partial charge in [-0.05, 0) is 38.5 Å². The summed E-state index contributed by atoms with van der Waals surface area (Å²) < 4.78 is 7.46. The van der Waals surface area contributed by atoms with Crippen LogP contribution in [-0.2, 0) is 22.5 Å². The molecule has 2 aromatic rings. The maximum absolute atomic E-state index is 11.8. The minimum atomic E-state index is -0.416. The smallest absolute Gasteiger partial charge is 0.308 e. The number of ether oxygens (including phenoxy) is 1. The molecule has 0 spiro atoms. The lowest BCUT2D eigenvalue weighted by atomic mass is 10.1. The quantitative estimate of drug-likeness (QED) is 0.782. The highest BCUT2D eigenvalue weighted by Crippen LogP contribution is 2.13. The summed E-state index contributed by atoms with van der Waals surface area (Å²) in [7, 11) is 0. The molecule has 0 amide bonds. The van der Waals surface area contributed by atoms with Crippen molar-refractivity contribution in [2.24, 2.45) is 0 Å². The number of rotatable bonds is 5. The zero-order valence-corrected chi connectivity index (χ0v) is 13.0. The van der Waals surface area contributed by atoms with Crippen LogP contribution < -0.4 is 0 Å². The number of aryl methyl sites for hydroxylation is 1. The van der Waals surface area contributed by atoms with E-state index in [1.807, 2.05) is 51.2 Å². The highest BCUT2D eigenvalue weighted by molar-refractivity contribution is 5.69. The Morgan fingerprint density at radius 1 is 1.10 bits per heavy atom. The lowest BCUT2D eigenvalue weighted by molar-refractivity contribution is -0.155. The first-order valence-corrected chi connectivity index (χ1v) is 7.34. The minimum absolute atomic E-state index is 0.151. The number of carbonyl (C=O) groups excluding carboxylic acids is 1. The third-order valence-electron chi connectivity index (χ3n) is 3.13. The molecule has 0 radical (unpaired) electrons. The van der Waals surface area contributed by atoms with Gasteiger partial charge in [-0.15, -0.1) is 0 Å². The van der Waals surface area contributed by atoms with Crippen LogP contribution in [0.25, 0.3) is 0 Å². The highest BCUT2D eigenvalue weighted by Gasteiger charge is 2.16. The molecule has 2 rings (SSSR count). The monoisotopic (exact) mass is 285 g/mol. The Labute approximate surface area is 126 Å². The first-order chi connectivity index (χ1) is 9.94. The fourth-order valence-electron chi connectivity index (χ4n) is 2.24. The van der Waals surface area contributed by atoms with Crippen LogP contribution in [-0.4, -0.2) is 16.1 Å². The molecule has 0 atom stereocenters. The normalized spacial score (nSPS) is 11.4. The molecule has 0 N–H and O–H groups in total. The van der Waals surface area contributed by atoms with E-state index in [4.69, 9.17) is 4.74 Å². The van der Waals surface area contributed by atoms with Gasteiger partial charge < -0.3 is 9.30 Å². The van der Waals surface area contributed by atoms with Gasteiger partial charge in [0.15, 0.2) is 0 Å². The summed E-state index contributed by atoms with van der Waals surface area (Å²) in [6.07, 6.45) is 3.29. The van der Waals surface area contributed by atoms with E-state index in [0.29, 0.717) is 13.0 Å². The van der Waals surface area contributed by atoms with Crippen molar-refractivity contribution in [1.29, 1.82) is 0 Å². The molecule has 3 heteroatoms. The zero-order valence-electron chi connectivity index (χ0n) is 13.0. The molecule has 3 nitrogen and oxygen atoms in total. The third kappa shape index (κ3) is 5.10. The molecule has 0 saturated carbocycles. The Morgan fingerprint density at radius 2 is 1.81 bits per heavy atom. The summed E-state index contributed by atoms with van der Waals surface area (Å²) in [5.41, 5.74) is 2.07. The van der Waals surface area contributed by atoms with Gasteiger partial charge in [0.2, 0.25) is 0 Å². The van der Waals surface area contributed by atoms with Gasteiger partial charge in [0.1, 0.15) is 5.60 Å². The molecule has 0 aliphatic carbocycles. The summed E-state index contributed by atoms with van der Waals surface area (Å²) in [6, 6.07) is 14.5. The number of carbonyl (C=O) groups is 1. The van der Waals surface area contributed by atoms with Crippen LogP contribution >= 0.6 is 0 Å². The van der Waals surface area contributed by atoms with Gasteiger partial charge in [-0.2, -0.15) is 0 Å². The molecule has 0 unspecified atom stereocenters. The fraction of sp³-hybridized carbons (Fsp3) is 0.389. The molecule has 1 aromatic heterocycles. The van der Waals surface area contributed by atoms with E-state index >= 15 is 0 Å². The Bertz CT molecular complexity index is 579. The van der Waals surface area contributed by atoms with Gasteiger partial charge in [0.05, 0.1) is 6.42 Å². The van der Waals surface area contributed by atoms with E-state index in [1.165, 1.54) is 11.3 Å². The Kier molecular flexibility index (Phi) is 4.84. The standard InChI is InChI=1S/C18H23NO2/c1-18(2,3)21-17(20)11-13-19-12-7-10-16(19)14-15-8-5-4-6-9-15/h4-10,12H,11,13-14H2,1-3H3. The average molecular weight is 285 g/mol. The predicted molar refractivity (Wildman–Crippen MR) is 84.1 cm³/mol. The SMILES string of the molecule is CC(C)(C)OC(=O)CCn1cccc1Cc1ccccc1. The maximum atomic E-state index is 11.8. The van der Waals surface area contributed by atoms with Crippen molar-refractivity contribution >= 4 is 5.97 Å². The summed E-state index contributed by atoms with van der Waals surface area (Å²) in [5, 5.41) is 0. The number of benzene rings is 1. The largest absolute Gasteiger partial charge is 0.460 e. The summed E-state index contributed by atoms with van der Waals surface area (Å²) in [4.78, 5) is 11.8. The Balaban J connectivity index is 1.93. The predicted octanol–water partition coefficient (Wildman–Crippen LogP) is 3.81. The van der Waals surface area contributed by atoms with Crippen LogP contribution in [0, 0.1) is 0 Å². The van der Waals surface area contributed by atoms with Crippen molar-refractivity contribution < 1.29 is 9.53 Å². The van der Waals surface area contributed by atoms with Crippen LogP contribution in [0.15, 0.2) is 48.7 Å². The molecule has 112 valence electrons. The van der Waals surface area contributed by atoms with Gasteiger partial charge in [-0.3, -0.25) is 4.79 Å². The van der Waals surface area contributed by atoms with E-state index in [-0.39, 0.29) is 5.97 Å². The van der Waals surface area contributed by atoms with Crippen LogP contribution in [0.4, 0.5) is 0 Å². The lowest BCUT2D eigenvalue weighted by Gasteiger charge is -2.19. The second-order valence-corrected chi connectivity index (χ2v) is 6.19. The summed E-state index contributed by atoms with van der Waals surface area (Å²) in [5.74, 6) is -0.151. The average Bonchev–Trinajstić information content (AvgIpc) is 2.83. The molecular formula is C18H23NO2. The van der Waals surface area contributed by atoms with E-state index in [1.54, 1.807) is 0 Å². The van der Waals surface area contributed by atoms with Crippen molar-refractivity contribution in [3.63, 3.8) is 0 Å². The van der Waals surface area contributed by atoms with Crippen molar-refractivity contribution in [2.75, 3.05) is 0 Å². The van der Waals surface area contributed by atoms with Gasteiger partial charge in [0.25, 0.3) is 0 Å². The van der Waals surface area contributed by atoms with Crippen LogP contribution in [0.3, 0.4) is 0 Å². The van der Waals surface area contributed by atoms with Crippen LogP contribution in [0.2, 0.25) is 0 Å². The number of hydrogen-bond donors (Lipinski definition) is 0. The summed E-state index contributed by atoms with van der Waals surface area (Å²) in [6.45, 7) is 6.33. The minimum Gasteiger partial charge on any atom is -0.460 e. The van der Waals surface area contributed by atoms with Crippen molar-refractivity contribution in [3.8, 4) is 0 Å². The second-order valence-electron chi connectivity index (χ2n) is 6.19. The first kappa shape index (κ1) is 15.4. The van der Waals surface area contributed by atoms with Crippen molar-refractivity contribution in [1.82, 2.24) is 4.57 Å². The van der Waals surface area contributed by atoms with E-state index in [9.17, 15) is 4.79 Å². The molecule has 0 saturated heterocycles. The topological polar surface area (TPSA) is 31.2 Å². The van der Waals surface area contributed by atoms with Crippen LogP contribution in [0.1, 0.15) is 38.4 Å². The molecule has 1 heterocycles. The van der Waals surface area contributed by atoms with Crippen molar-refractivity contribution in [3.05, 3.63) is 59.9 Å². The lowest BCUT2D eigenvalue weighted by Crippen LogP contribution is -2.24. The molecule has 0 bridgehead atoms. The molecule has 0 aliphatic heterocycles. The Hall–Kier alpha value is -2.03. The number of esters is 1. The number of aromatic nitrogens is 1. The molecule has 21 heavy (non-hydrogen) atoms. The van der Waals surface area contributed by atoms with Gasteiger partial charge >= 0.3 is 5.97 Å². The van der Waals surface area contributed by atoms with Gasteiger partial charge in [-0.1, -0.05) is 30.3 Å². The van der Waals surface area contributed by atoms with E-state index in [2.05, 4.69) is 22.8 Å². The van der Waals surface area contributed by atoms with Crippen LogP contribution in [0.5, 0.6) is 0 Å². The fourth-order valence-corrected chi connectivity index (χ4v) is 2.24. The molecule has 0 fully saturated rings. The molecule has 0 aliphatic rings. The Morgan fingerprint density at radius 3 is 2.48 bits per heavy atom. The van der Waals surface area contributed by atoms with Gasteiger partial charge in [-0.25, -0.2) is 0 Å². The number of nitrogens with zero attached hydrogens (tertiary/aromatic N) is 1. The third-order valence-corrected chi connectivity index (χ3v) is 3.13. The molecule has 1 aromatic carbocycles. The summed E-state index contributed by atoms with van der Waals surface area (Å²) >= 11 is 0. The highest BCUT2D eigenvalue weighted by atomic mass is 16.6. The first-order valence-electron chi connectivity index (χ1n) is 7.34. The van der Waals surface area contributed by atoms with Crippen molar-refractivity contribution in [2.45, 2.75) is 45.8 Å². The zero-order chi connectivity index (χ0) is 15.3. The van der Waals surface area contributed by atoms with E-state index < -0.39 is 5.60 Å². The van der Waals surface area contributed by atoms with E-state index in [0.717, 1.165) is 6.42 Å². The number of hydrogen-bond acceptors (Lipinski definition) is 2. The van der Waals surface area contributed by atoms with Gasteiger partial charge in [0, 0.05) is 24.9 Å². The second kappa shape index (κ2) is 6.61.